The van der Waals surface area contributed by atoms with Crippen LogP contribution in [0.3, 0.4) is 0 Å². The van der Waals surface area contributed by atoms with E-state index >= 15 is 0 Å². The standard InChI is InChI=1S/C16H16ClNO4S/c1-21-15-11-16(22-2)14(10-13(15)17)18-23(19,20)9-8-12-6-4-3-5-7-12/h3-11,18H,1-2H3/b9-8+. The lowest BCUT2D eigenvalue weighted by atomic mass is 10.2. The number of sulfonamides is 1. The fourth-order valence-corrected chi connectivity index (χ4v) is 2.97. The van der Waals surface area contributed by atoms with Gasteiger partial charge in [0.05, 0.1) is 30.3 Å². The Hall–Kier alpha value is -2.18. The number of hydrogen-bond acceptors (Lipinski definition) is 4. The summed E-state index contributed by atoms with van der Waals surface area (Å²) in [4.78, 5) is 0. The molecular weight excluding hydrogens is 338 g/mol. The van der Waals surface area contributed by atoms with Gasteiger partial charge in [-0.15, -0.1) is 0 Å². The molecule has 2 rings (SSSR count). The Bertz CT molecular complexity index is 804. The third-order valence-electron chi connectivity index (χ3n) is 2.97. The fraction of sp³-hybridized carbons (Fsp3) is 0.125. The third kappa shape index (κ3) is 4.64. The van der Waals surface area contributed by atoms with E-state index in [9.17, 15) is 8.42 Å². The highest BCUT2D eigenvalue weighted by Gasteiger charge is 2.14. The van der Waals surface area contributed by atoms with Gasteiger partial charge in [-0.2, -0.15) is 0 Å². The van der Waals surface area contributed by atoms with E-state index in [4.69, 9.17) is 21.1 Å². The lowest BCUT2D eigenvalue weighted by Crippen LogP contribution is -2.10. The number of ether oxygens (including phenoxy) is 2. The molecule has 0 bridgehead atoms. The molecule has 0 unspecified atom stereocenters. The summed E-state index contributed by atoms with van der Waals surface area (Å²) < 4.78 is 37.0. The van der Waals surface area contributed by atoms with Gasteiger partial charge < -0.3 is 9.47 Å². The Morgan fingerprint density at radius 2 is 1.70 bits per heavy atom. The van der Waals surface area contributed by atoms with Crippen LogP contribution in [0.15, 0.2) is 47.9 Å². The van der Waals surface area contributed by atoms with E-state index in [-0.39, 0.29) is 10.7 Å². The average molecular weight is 354 g/mol. The second kappa shape index (κ2) is 7.39. The summed E-state index contributed by atoms with van der Waals surface area (Å²) in [5.74, 6) is 0.703. The number of benzene rings is 2. The van der Waals surface area contributed by atoms with Crippen LogP contribution in [-0.2, 0) is 10.0 Å². The van der Waals surface area contributed by atoms with Crippen molar-refractivity contribution in [2.45, 2.75) is 0 Å². The molecule has 0 heterocycles. The Labute approximate surface area is 140 Å². The molecule has 0 fully saturated rings. The first-order valence-electron chi connectivity index (χ1n) is 6.62. The van der Waals surface area contributed by atoms with Crippen molar-refractivity contribution >= 4 is 33.4 Å². The van der Waals surface area contributed by atoms with Crippen LogP contribution in [0.1, 0.15) is 5.56 Å². The number of nitrogens with one attached hydrogen (secondary N) is 1. The summed E-state index contributed by atoms with van der Waals surface area (Å²) >= 11 is 6.03. The molecule has 0 atom stereocenters. The summed E-state index contributed by atoms with van der Waals surface area (Å²) in [5.41, 5.74) is 1.01. The van der Waals surface area contributed by atoms with Crippen molar-refractivity contribution in [3.8, 4) is 11.5 Å². The van der Waals surface area contributed by atoms with Gasteiger partial charge in [0.2, 0.25) is 0 Å². The minimum absolute atomic E-state index is 0.232. The average Bonchev–Trinajstić information content (AvgIpc) is 2.54. The minimum Gasteiger partial charge on any atom is -0.495 e. The smallest absolute Gasteiger partial charge is 0.255 e. The largest absolute Gasteiger partial charge is 0.495 e. The van der Waals surface area contributed by atoms with Crippen molar-refractivity contribution < 1.29 is 17.9 Å². The topological polar surface area (TPSA) is 64.6 Å². The van der Waals surface area contributed by atoms with Crippen LogP contribution in [0.4, 0.5) is 5.69 Å². The van der Waals surface area contributed by atoms with Crippen LogP contribution in [0.25, 0.3) is 6.08 Å². The van der Waals surface area contributed by atoms with Crippen molar-refractivity contribution in [3.63, 3.8) is 0 Å². The number of methoxy groups -OCH3 is 2. The van der Waals surface area contributed by atoms with Gasteiger partial charge in [-0.05, 0) is 17.7 Å². The van der Waals surface area contributed by atoms with E-state index in [2.05, 4.69) is 4.72 Å². The summed E-state index contributed by atoms with van der Waals surface area (Å²) in [6, 6.07) is 12.1. The zero-order valence-electron chi connectivity index (χ0n) is 12.6. The lowest BCUT2D eigenvalue weighted by Gasteiger charge is -2.12. The molecule has 0 radical (unpaired) electrons. The van der Waals surface area contributed by atoms with Crippen LogP contribution >= 0.6 is 11.6 Å². The molecule has 0 aliphatic heterocycles. The molecule has 0 amide bonds. The summed E-state index contributed by atoms with van der Waals surface area (Å²) in [6.45, 7) is 0. The highest BCUT2D eigenvalue weighted by molar-refractivity contribution is 7.95. The highest BCUT2D eigenvalue weighted by atomic mass is 35.5. The van der Waals surface area contributed by atoms with E-state index in [1.807, 2.05) is 18.2 Å². The number of rotatable bonds is 6. The van der Waals surface area contributed by atoms with Crippen molar-refractivity contribution in [2.24, 2.45) is 0 Å². The molecule has 1 N–H and O–H groups in total. The van der Waals surface area contributed by atoms with Crippen LogP contribution in [0.5, 0.6) is 11.5 Å². The second-order valence-electron chi connectivity index (χ2n) is 4.55. The Kier molecular flexibility index (Phi) is 5.52. The molecule has 0 aliphatic rings. The minimum atomic E-state index is -3.71. The Morgan fingerprint density at radius 3 is 2.30 bits per heavy atom. The first-order chi connectivity index (χ1) is 10.9. The van der Waals surface area contributed by atoms with Crippen LogP contribution in [0, 0.1) is 0 Å². The van der Waals surface area contributed by atoms with Crippen LogP contribution < -0.4 is 14.2 Å². The maximum absolute atomic E-state index is 12.2. The molecule has 122 valence electrons. The molecule has 2 aromatic carbocycles. The second-order valence-corrected chi connectivity index (χ2v) is 6.52. The van der Waals surface area contributed by atoms with E-state index in [0.29, 0.717) is 11.5 Å². The molecule has 2 aromatic rings. The number of anilines is 1. The molecule has 7 heteroatoms. The number of halogens is 1. The zero-order chi connectivity index (χ0) is 16.9. The third-order valence-corrected chi connectivity index (χ3v) is 4.26. The molecule has 0 saturated carbocycles. The predicted molar refractivity (Wildman–Crippen MR) is 92.6 cm³/mol. The molecule has 0 aliphatic carbocycles. The Morgan fingerprint density at radius 1 is 1.04 bits per heavy atom. The van der Waals surface area contributed by atoms with Crippen molar-refractivity contribution in [2.75, 3.05) is 18.9 Å². The van der Waals surface area contributed by atoms with Gasteiger partial charge in [0.25, 0.3) is 10.0 Å². The van der Waals surface area contributed by atoms with Crippen molar-refractivity contribution in [3.05, 3.63) is 58.5 Å². The fourth-order valence-electron chi connectivity index (χ4n) is 1.86. The molecule has 0 aromatic heterocycles. The van der Waals surface area contributed by atoms with Gasteiger partial charge in [0.15, 0.2) is 0 Å². The van der Waals surface area contributed by atoms with Gasteiger partial charge in [0, 0.05) is 6.07 Å². The van der Waals surface area contributed by atoms with E-state index < -0.39 is 10.0 Å². The maximum Gasteiger partial charge on any atom is 0.255 e. The van der Waals surface area contributed by atoms with Gasteiger partial charge >= 0.3 is 0 Å². The summed E-state index contributed by atoms with van der Waals surface area (Å²) in [6.07, 6.45) is 1.50. The lowest BCUT2D eigenvalue weighted by molar-refractivity contribution is 0.396. The molecule has 23 heavy (non-hydrogen) atoms. The first kappa shape index (κ1) is 17.2. The van der Waals surface area contributed by atoms with Crippen LogP contribution in [0.2, 0.25) is 5.02 Å². The van der Waals surface area contributed by atoms with Crippen molar-refractivity contribution in [1.82, 2.24) is 0 Å². The monoisotopic (exact) mass is 353 g/mol. The first-order valence-corrected chi connectivity index (χ1v) is 8.55. The highest BCUT2D eigenvalue weighted by Crippen LogP contribution is 2.36. The maximum atomic E-state index is 12.2. The quantitative estimate of drug-likeness (QED) is 0.858. The Balaban J connectivity index is 2.27. The van der Waals surface area contributed by atoms with E-state index in [1.165, 1.54) is 32.4 Å². The van der Waals surface area contributed by atoms with E-state index in [0.717, 1.165) is 11.0 Å². The normalized spacial score (nSPS) is 11.4. The number of hydrogen-bond donors (Lipinski definition) is 1. The zero-order valence-corrected chi connectivity index (χ0v) is 14.2. The molecular formula is C16H16ClNO4S. The van der Waals surface area contributed by atoms with Gasteiger partial charge in [-0.3, -0.25) is 4.72 Å². The molecule has 0 spiro atoms. The van der Waals surface area contributed by atoms with Crippen LogP contribution in [-0.4, -0.2) is 22.6 Å². The van der Waals surface area contributed by atoms with Gasteiger partial charge in [-0.1, -0.05) is 41.9 Å². The SMILES string of the molecule is COc1cc(OC)c(NS(=O)(=O)/C=C/c2ccccc2)cc1Cl. The van der Waals surface area contributed by atoms with Crippen molar-refractivity contribution in [1.29, 1.82) is 0 Å². The van der Waals surface area contributed by atoms with E-state index in [1.54, 1.807) is 12.1 Å². The van der Waals surface area contributed by atoms with Gasteiger partial charge in [-0.25, -0.2) is 8.42 Å². The molecule has 0 saturated heterocycles. The summed E-state index contributed by atoms with van der Waals surface area (Å²) in [7, 11) is -0.816. The summed E-state index contributed by atoms with van der Waals surface area (Å²) in [5, 5.41) is 1.36. The molecule has 5 nitrogen and oxygen atoms in total. The van der Waals surface area contributed by atoms with Gasteiger partial charge in [0.1, 0.15) is 11.5 Å². The predicted octanol–water partition coefficient (Wildman–Crippen LogP) is 3.77.